The topological polar surface area (TPSA) is 61.4 Å². The van der Waals surface area contributed by atoms with Gasteiger partial charge in [-0.25, -0.2) is 4.79 Å². The number of carbonyl (C=O) groups excluding carboxylic acids is 1. The number of aryl methyl sites for hydroxylation is 1. The number of aliphatic hydroxyl groups is 1. The molecule has 0 aromatic heterocycles. The van der Waals surface area contributed by atoms with E-state index in [1.807, 2.05) is 45.9 Å². The van der Waals surface area contributed by atoms with Crippen LogP contribution in [0, 0.1) is 12.3 Å². The maximum atomic E-state index is 12.0. The number of para-hydroxylation sites is 1. The highest BCUT2D eigenvalue weighted by molar-refractivity contribution is 5.91. The fraction of sp³-hybridized carbons (Fsp3) is 0.588. The number of rotatable bonds is 4. The predicted octanol–water partition coefficient (Wildman–Crippen LogP) is 3.65. The van der Waals surface area contributed by atoms with Crippen LogP contribution in [0.15, 0.2) is 18.2 Å². The molecule has 0 fully saturated rings. The van der Waals surface area contributed by atoms with Crippen molar-refractivity contribution < 1.29 is 9.90 Å². The Hall–Kier alpha value is -1.55. The number of urea groups is 1. The molecular formula is C17H28N2O2. The van der Waals surface area contributed by atoms with E-state index < -0.39 is 6.10 Å². The molecule has 1 rings (SSSR count). The molecule has 4 heteroatoms. The third kappa shape index (κ3) is 5.05. The van der Waals surface area contributed by atoms with Crippen LogP contribution in [0.4, 0.5) is 10.5 Å². The Balaban J connectivity index is 2.72. The van der Waals surface area contributed by atoms with E-state index in [2.05, 4.69) is 24.5 Å². The predicted molar refractivity (Wildman–Crippen MR) is 87.8 cm³/mol. The summed E-state index contributed by atoms with van der Waals surface area (Å²) < 4.78 is 0. The second-order valence-electron chi connectivity index (χ2n) is 6.91. The summed E-state index contributed by atoms with van der Waals surface area (Å²) in [5, 5.41) is 15.6. The van der Waals surface area contributed by atoms with Crippen LogP contribution in [0.3, 0.4) is 0 Å². The molecule has 0 aliphatic rings. The number of carbonyl (C=O) groups is 1. The number of aliphatic hydroxyl groups excluding tert-OH is 1. The smallest absolute Gasteiger partial charge is 0.319 e. The number of benzene rings is 1. The Bertz CT molecular complexity index is 490. The first-order valence-corrected chi connectivity index (χ1v) is 7.45. The molecule has 1 unspecified atom stereocenters. The third-order valence-electron chi connectivity index (χ3n) is 3.62. The highest BCUT2D eigenvalue weighted by atomic mass is 16.3. The normalized spacial score (nSPS) is 13.1. The molecule has 1 aromatic rings. The second kappa shape index (κ2) is 6.94. The number of anilines is 1. The zero-order chi connectivity index (χ0) is 16.2. The minimum Gasteiger partial charge on any atom is -0.391 e. The van der Waals surface area contributed by atoms with Crippen molar-refractivity contribution >= 4 is 11.7 Å². The summed E-state index contributed by atoms with van der Waals surface area (Å²) in [5.41, 5.74) is 2.75. The van der Waals surface area contributed by atoms with Gasteiger partial charge in [-0.3, -0.25) is 0 Å². The summed E-state index contributed by atoms with van der Waals surface area (Å²) in [6.45, 7) is 12.2. The standard InChI is InChI=1S/C17H28N2O2/c1-11(2)13-9-7-8-12(3)15(13)19-16(21)18-10-14(20)17(4,5)6/h7-9,11,14,20H,10H2,1-6H3,(H2,18,19,21). The lowest BCUT2D eigenvalue weighted by Crippen LogP contribution is -2.41. The van der Waals surface area contributed by atoms with Gasteiger partial charge in [0.15, 0.2) is 0 Å². The van der Waals surface area contributed by atoms with E-state index in [1.54, 1.807) is 0 Å². The monoisotopic (exact) mass is 292 g/mol. The van der Waals surface area contributed by atoms with Crippen LogP contribution in [0.25, 0.3) is 0 Å². The summed E-state index contributed by atoms with van der Waals surface area (Å²) in [4.78, 5) is 12.0. The van der Waals surface area contributed by atoms with E-state index in [-0.39, 0.29) is 18.0 Å². The van der Waals surface area contributed by atoms with E-state index in [9.17, 15) is 9.90 Å². The summed E-state index contributed by atoms with van der Waals surface area (Å²) in [5.74, 6) is 0.334. The molecule has 1 aromatic carbocycles. The van der Waals surface area contributed by atoms with Gasteiger partial charge in [-0.05, 0) is 29.4 Å². The largest absolute Gasteiger partial charge is 0.391 e. The van der Waals surface area contributed by atoms with Crippen LogP contribution in [-0.4, -0.2) is 23.8 Å². The fourth-order valence-electron chi connectivity index (χ4n) is 2.00. The van der Waals surface area contributed by atoms with E-state index in [0.29, 0.717) is 5.92 Å². The zero-order valence-electron chi connectivity index (χ0n) is 13.9. The van der Waals surface area contributed by atoms with Crippen molar-refractivity contribution in [3.63, 3.8) is 0 Å². The average molecular weight is 292 g/mol. The van der Waals surface area contributed by atoms with E-state index in [4.69, 9.17) is 0 Å². The molecular weight excluding hydrogens is 264 g/mol. The van der Waals surface area contributed by atoms with Gasteiger partial charge in [0.2, 0.25) is 0 Å². The molecule has 21 heavy (non-hydrogen) atoms. The molecule has 4 nitrogen and oxygen atoms in total. The molecule has 0 spiro atoms. The van der Waals surface area contributed by atoms with E-state index in [0.717, 1.165) is 16.8 Å². The molecule has 0 saturated carbocycles. The Morgan fingerprint density at radius 1 is 1.29 bits per heavy atom. The maximum Gasteiger partial charge on any atom is 0.319 e. The second-order valence-corrected chi connectivity index (χ2v) is 6.91. The lowest BCUT2D eigenvalue weighted by Gasteiger charge is -2.26. The summed E-state index contributed by atoms with van der Waals surface area (Å²) in [6.07, 6.45) is -0.579. The summed E-state index contributed by atoms with van der Waals surface area (Å²) in [7, 11) is 0. The van der Waals surface area contributed by atoms with Gasteiger partial charge in [0.1, 0.15) is 0 Å². The summed E-state index contributed by atoms with van der Waals surface area (Å²) in [6, 6.07) is 5.72. The third-order valence-corrected chi connectivity index (χ3v) is 3.62. The molecule has 2 amide bonds. The zero-order valence-corrected chi connectivity index (χ0v) is 13.9. The van der Waals surface area contributed by atoms with Gasteiger partial charge in [-0.1, -0.05) is 52.8 Å². The van der Waals surface area contributed by atoms with E-state index in [1.165, 1.54) is 0 Å². The molecule has 0 radical (unpaired) electrons. The van der Waals surface area contributed by atoms with Crippen molar-refractivity contribution in [2.45, 2.75) is 53.6 Å². The van der Waals surface area contributed by atoms with E-state index >= 15 is 0 Å². The molecule has 0 aliphatic heterocycles. The van der Waals surface area contributed by atoms with Crippen molar-refractivity contribution in [3.05, 3.63) is 29.3 Å². The minimum absolute atomic E-state index is 0.234. The molecule has 1 atom stereocenters. The van der Waals surface area contributed by atoms with Gasteiger partial charge < -0.3 is 15.7 Å². The highest BCUT2D eigenvalue weighted by Crippen LogP contribution is 2.27. The first kappa shape index (κ1) is 17.5. The van der Waals surface area contributed by atoms with Gasteiger partial charge in [-0.2, -0.15) is 0 Å². The molecule has 0 saturated heterocycles. The number of hydrogen-bond donors (Lipinski definition) is 3. The van der Waals surface area contributed by atoms with Crippen LogP contribution in [0.1, 0.15) is 51.7 Å². The molecule has 0 aliphatic carbocycles. The van der Waals surface area contributed by atoms with Gasteiger partial charge in [-0.15, -0.1) is 0 Å². The Kier molecular flexibility index (Phi) is 5.78. The van der Waals surface area contributed by atoms with Crippen molar-refractivity contribution in [2.24, 2.45) is 5.41 Å². The van der Waals surface area contributed by atoms with Gasteiger partial charge in [0, 0.05) is 12.2 Å². The number of hydrogen-bond acceptors (Lipinski definition) is 2. The first-order valence-electron chi connectivity index (χ1n) is 7.45. The van der Waals surface area contributed by atoms with Crippen molar-refractivity contribution in [2.75, 3.05) is 11.9 Å². The van der Waals surface area contributed by atoms with Crippen LogP contribution >= 0.6 is 0 Å². The van der Waals surface area contributed by atoms with Crippen molar-refractivity contribution in [3.8, 4) is 0 Å². The summed E-state index contributed by atoms with van der Waals surface area (Å²) >= 11 is 0. The molecule has 118 valence electrons. The van der Waals surface area contributed by atoms with Crippen molar-refractivity contribution in [1.29, 1.82) is 0 Å². The molecule has 0 heterocycles. The lowest BCUT2D eigenvalue weighted by molar-refractivity contribution is 0.0654. The van der Waals surface area contributed by atoms with Crippen LogP contribution in [-0.2, 0) is 0 Å². The Labute approximate surface area is 128 Å². The highest BCUT2D eigenvalue weighted by Gasteiger charge is 2.22. The van der Waals surface area contributed by atoms with Crippen molar-refractivity contribution in [1.82, 2.24) is 5.32 Å². The van der Waals surface area contributed by atoms with Crippen LogP contribution in [0.2, 0.25) is 0 Å². The lowest BCUT2D eigenvalue weighted by atomic mass is 9.89. The van der Waals surface area contributed by atoms with Gasteiger partial charge in [0.05, 0.1) is 6.10 Å². The quantitative estimate of drug-likeness (QED) is 0.793. The van der Waals surface area contributed by atoms with Crippen LogP contribution in [0.5, 0.6) is 0 Å². The maximum absolute atomic E-state index is 12.0. The van der Waals surface area contributed by atoms with Gasteiger partial charge in [0.25, 0.3) is 0 Å². The first-order chi connectivity index (χ1) is 9.62. The Morgan fingerprint density at radius 2 is 1.90 bits per heavy atom. The number of nitrogens with one attached hydrogen (secondary N) is 2. The number of amides is 2. The van der Waals surface area contributed by atoms with Gasteiger partial charge >= 0.3 is 6.03 Å². The van der Waals surface area contributed by atoms with Crippen LogP contribution < -0.4 is 10.6 Å². The Morgan fingerprint density at radius 3 is 2.43 bits per heavy atom. The fourth-order valence-corrected chi connectivity index (χ4v) is 2.00. The minimum atomic E-state index is -0.579. The SMILES string of the molecule is Cc1cccc(C(C)C)c1NC(=O)NCC(O)C(C)(C)C. The molecule has 3 N–H and O–H groups in total. The molecule has 0 bridgehead atoms. The average Bonchev–Trinajstić information content (AvgIpc) is 2.36.